The fraction of sp³-hybridized carbons (Fsp3) is 0.200. The molecule has 0 aliphatic rings. The Morgan fingerprint density at radius 2 is 2.21 bits per heavy atom. The van der Waals surface area contributed by atoms with Crippen LogP contribution in [0.2, 0.25) is 0 Å². The minimum absolute atomic E-state index is 0.359. The van der Waals surface area contributed by atoms with Gasteiger partial charge in [0.15, 0.2) is 0 Å². The van der Waals surface area contributed by atoms with Crippen molar-refractivity contribution in [2.45, 2.75) is 11.0 Å². The summed E-state index contributed by atoms with van der Waals surface area (Å²) in [6.45, 7) is -0.614. The van der Waals surface area contributed by atoms with Gasteiger partial charge in [-0.2, -0.15) is 5.26 Å². The van der Waals surface area contributed by atoms with E-state index in [2.05, 4.69) is 0 Å². The normalized spacial score (nSPS) is 12.7. The van der Waals surface area contributed by atoms with Gasteiger partial charge in [-0.15, -0.1) is 0 Å². The van der Waals surface area contributed by atoms with E-state index in [4.69, 9.17) is 16.1 Å². The Labute approximate surface area is 108 Å². The number of nitriles is 1. The van der Waals surface area contributed by atoms with Gasteiger partial charge >= 0.3 is 0 Å². The quantitative estimate of drug-likeness (QED) is 0.627. The second kappa shape index (κ2) is 5.75. The zero-order chi connectivity index (χ0) is 14.6. The van der Waals surface area contributed by atoms with Crippen molar-refractivity contribution in [1.29, 1.82) is 5.26 Å². The molecule has 19 heavy (non-hydrogen) atoms. The maximum Gasteiger partial charge on any atom is 0.247 e. The number of amides is 1. The molecule has 7 nitrogen and oxygen atoms in total. The summed E-state index contributed by atoms with van der Waals surface area (Å²) in [7, 11) is -4.07. The minimum Gasteiger partial charge on any atom is -0.382 e. The number of aliphatic hydroxyl groups is 1. The molecule has 1 aromatic rings. The highest BCUT2D eigenvalue weighted by molar-refractivity contribution is 7.89. The molecule has 1 aromatic carbocycles. The highest BCUT2D eigenvalue weighted by Gasteiger charge is 2.19. The molecule has 0 fully saturated rings. The first-order chi connectivity index (χ1) is 8.77. The predicted octanol–water partition coefficient (Wildman–Crippen LogP) is -1.18. The molecule has 0 aliphatic carbocycles. The predicted molar refractivity (Wildman–Crippen MR) is 61.5 cm³/mol. The fourth-order valence-corrected chi connectivity index (χ4v) is 2.19. The van der Waals surface area contributed by atoms with Gasteiger partial charge in [-0.25, -0.2) is 17.5 Å². The second-order valence-electron chi connectivity index (χ2n) is 3.52. The fourth-order valence-electron chi connectivity index (χ4n) is 1.13. The van der Waals surface area contributed by atoms with E-state index < -0.39 is 40.0 Å². The molecule has 0 aliphatic heterocycles. The van der Waals surface area contributed by atoms with Crippen molar-refractivity contribution < 1.29 is 22.7 Å². The molecule has 102 valence electrons. The van der Waals surface area contributed by atoms with Crippen molar-refractivity contribution >= 4 is 15.9 Å². The van der Waals surface area contributed by atoms with Crippen LogP contribution in [0, 0.1) is 17.1 Å². The van der Waals surface area contributed by atoms with Crippen LogP contribution in [0.25, 0.3) is 0 Å². The molecular formula is C10H10FN3O4S. The Morgan fingerprint density at radius 3 is 2.74 bits per heavy atom. The maximum atomic E-state index is 13.0. The van der Waals surface area contributed by atoms with Gasteiger partial charge in [0.1, 0.15) is 18.0 Å². The van der Waals surface area contributed by atoms with Crippen LogP contribution >= 0.6 is 0 Å². The largest absolute Gasteiger partial charge is 0.382 e. The van der Waals surface area contributed by atoms with Gasteiger partial charge in [-0.05, 0) is 18.2 Å². The van der Waals surface area contributed by atoms with Crippen LogP contribution in [0.3, 0.4) is 0 Å². The van der Waals surface area contributed by atoms with Crippen molar-refractivity contribution in [1.82, 2.24) is 4.72 Å². The summed E-state index contributed by atoms with van der Waals surface area (Å²) >= 11 is 0. The number of hydrogen-bond acceptors (Lipinski definition) is 5. The lowest BCUT2D eigenvalue weighted by molar-refractivity contribution is -0.125. The highest BCUT2D eigenvalue weighted by atomic mass is 32.2. The molecule has 0 aromatic heterocycles. The summed E-state index contributed by atoms with van der Waals surface area (Å²) in [5.74, 6) is -1.93. The Bertz CT molecular complexity index is 639. The third-order valence-electron chi connectivity index (χ3n) is 2.16. The zero-order valence-corrected chi connectivity index (χ0v) is 10.3. The molecule has 1 amide bonds. The van der Waals surface area contributed by atoms with Gasteiger partial charge in [0.25, 0.3) is 0 Å². The third kappa shape index (κ3) is 3.72. The van der Waals surface area contributed by atoms with Crippen LogP contribution in [0.4, 0.5) is 4.39 Å². The summed E-state index contributed by atoms with van der Waals surface area (Å²) in [5.41, 5.74) is 4.32. The monoisotopic (exact) mass is 287 g/mol. The maximum absolute atomic E-state index is 13.0. The first-order valence-corrected chi connectivity index (χ1v) is 6.43. The van der Waals surface area contributed by atoms with Gasteiger partial charge in [0.05, 0.1) is 10.5 Å². The standard InChI is InChI=1S/C10H10FN3O4S/c11-8-2-1-7(3-6(8)4-12)19(17,18)14-5-9(15)10(13)16/h1-3,9,14-15H,5H2,(H2,13,16). The Balaban J connectivity index is 2.96. The van der Waals surface area contributed by atoms with Crippen LogP contribution in [0.15, 0.2) is 23.1 Å². The smallest absolute Gasteiger partial charge is 0.247 e. The molecule has 0 radical (unpaired) electrons. The number of nitrogens with one attached hydrogen (secondary N) is 1. The van der Waals surface area contributed by atoms with E-state index in [0.717, 1.165) is 18.2 Å². The van der Waals surface area contributed by atoms with Crippen molar-refractivity contribution in [3.63, 3.8) is 0 Å². The third-order valence-corrected chi connectivity index (χ3v) is 3.58. The van der Waals surface area contributed by atoms with Crippen molar-refractivity contribution in [2.75, 3.05) is 6.54 Å². The minimum atomic E-state index is -4.07. The second-order valence-corrected chi connectivity index (χ2v) is 5.29. The van der Waals surface area contributed by atoms with Crippen LogP contribution in [-0.2, 0) is 14.8 Å². The van der Waals surface area contributed by atoms with Crippen LogP contribution < -0.4 is 10.5 Å². The van der Waals surface area contributed by atoms with E-state index in [0.29, 0.717) is 0 Å². The first-order valence-electron chi connectivity index (χ1n) is 4.94. The molecule has 0 spiro atoms. The SMILES string of the molecule is N#Cc1cc(S(=O)(=O)NCC(O)C(N)=O)ccc1F. The molecule has 0 saturated carbocycles. The summed E-state index contributed by atoms with van der Waals surface area (Å²) in [6, 6.07) is 4.13. The highest BCUT2D eigenvalue weighted by Crippen LogP contribution is 2.14. The lowest BCUT2D eigenvalue weighted by atomic mass is 10.2. The lowest BCUT2D eigenvalue weighted by Crippen LogP contribution is -2.39. The number of nitrogens with two attached hydrogens (primary N) is 1. The summed E-state index contributed by atoms with van der Waals surface area (Å²) in [5, 5.41) is 17.7. The summed E-state index contributed by atoms with van der Waals surface area (Å²) < 4.78 is 38.4. The number of primary amides is 1. The molecule has 9 heteroatoms. The van der Waals surface area contributed by atoms with E-state index in [1.54, 1.807) is 0 Å². The van der Waals surface area contributed by atoms with Crippen LogP contribution in [0.1, 0.15) is 5.56 Å². The zero-order valence-electron chi connectivity index (χ0n) is 9.50. The van der Waals surface area contributed by atoms with E-state index >= 15 is 0 Å². The molecule has 1 atom stereocenters. The summed E-state index contributed by atoms with van der Waals surface area (Å²) in [4.78, 5) is 10.2. The number of halogens is 1. The number of hydrogen-bond donors (Lipinski definition) is 3. The molecule has 4 N–H and O–H groups in total. The Kier molecular flexibility index (Phi) is 4.55. The number of aliphatic hydroxyl groups excluding tert-OH is 1. The van der Waals surface area contributed by atoms with Crippen molar-refractivity contribution in [3.8, 4) is 6.07 Å². The molecule has 0 saturated heterocycles. The van der Waals surface area contributed by atoms with Gasteiger partial charge in [0.2, 0.25) is 15.9 Å². The topological polar surface area (TPSA) is 133 Å². The van der Waals surface area contributed by atoms with Gasteiger partial charge in [-0.1, -0.05) is 0 Å². The van der Waals surface area contributed by atoms with Crippen LogP contribution in [-0.4, -0.2) is 32.1 Å². The summed E-state index contributed by atoms with van der Waals surface area (Å²) in [6.07, 6.45) is -1.68. The molecule has 1 rings (SSSR count). The van der Waals surface area contributed by atoms with Crippen molar-refractivity contribution in [3.05, 3.63) is 29.6 Å². The molecule has 1 unspecified atom stereocenters. The molecular weight excluding hydrogens is 277 g/mol. The molecule has 0 heterocycles. The molecule has 0 bridgehead atoms. The number of nitrogens with zero attached hydrogens (tertiary/aromatic N) is 1. The Hall–Kier alpha value is -2.02. The Morgan fingerprint density at radius 1 is 1.58 bits per heavy atom. The van der Waals surface area contributed by atoms with Gasteiger partial charge in [-0.3, -0.25) is 4.79 Å². The number of benzene rings is 1. The average molecular weight is 287 g/mol. The van der Waals surface area contributed by atoms with E-state index in [1.165, 1.54) is 6.07 Å². The van der Waals surface area contributed by atoms with E-state index in [-0.39, 0.29) is 4.90 Å². The number of rotatable bonds is 5. The lowest BCUT2D eigenvalue weighted by Gasteiger charge is -2.09. The number of carbonyl (C=O) groups excluding carboxylic acids is 1. The van der Waals surface area contributed by atoms with Crippen molar-refractivity contribution in [2.24, 2.45) is 5.73 Å². The van der Waals surface area contributed by atoms with E-state index in [1.807, 2.05) is 4.72 Å². The van der Waals surface area contributed by atoms with Gasteiger partial charge in [0, 0.05) is 6.54 Å². The number of carbonyl (C=O) groups is 1. The number of sulfonamides is 1. The van der Waals surface area contributed by atoms with E-state index in [9.17, 15) is 17.6 Å². The van der Waals surface area contributed by atoms with Crippen LogP contribution in [0.5, 0.6) is 0 Å². The van der Waals surface area contributed by atoms with Gasteiger partial charge < -0.3 is 10.8 Å². The first kappa shape index (κ1) is 15.0. The average Bonchev–Trinajstić information content (AvgIpc) is 2.36.